The van der Waals surface area contributed by atoms with Crippen LogP contribution in [-0.4, -0.2) is 43.3 Å². The van der Waals surface area contributed by atoms with Crippen LogP contribution in [-0.2, 0) is 26.2 Å². The molecule has 39 heavy (non-hydrogen) atoms. The first-order chi connectivity index (χ1) is 18.2. The lowest BCUT2D eigenvalue weighted by molar-refractivity contribution is -0.140. The Labute approximate surface area is 236 Å². The van der Waals surface area contributed by atoms with Crippen LogP contribution in [0.25, 0.3) is 0 Å². The summed E-state index contributed by atoms with van der Waals surface area (Å²) in [6.45, 7) is 10.7. The number of anilines is 1. The Bertz CT molecular complexity index is 1420. The van der Waals surface area contributed by atoms with Gasteiger partial charge in [-0.25, -0.2) is 8.42 Å². The third-order valence-electron chi connectivity index (χ3n) is 6.12. The summed E-state index contributed by atoms with van der Waals surface area (Å²) in [5.74, 6) is -0.860. The topological polar surface area (TPSA) is 86.8 Å². The van der Waals surface area contributed by atoms with E-state index in [0.717, 1.165) is 21.0 Å². The predicted molar refractivity (Wildman–Crippen MR) is 156 cm³/mol. The first-order valence-corrected chi connectivity index (χ1v) is 14.5. The summed E-state index contributed by atoms with van der Waals surface area (Å²) in [6, 6.07) is 19.6. The number of halogens is 1. The van der Waals surface area contributed by atoms with Gasteiger partial charge in [-0.05, 0) is 77.4 Å². The molecule has 0 aliphatic carbocycles. The molecule has 3 aromatic carbocycles. The van der Waals surface area contributed by atoms with Crippen molar-refractivity contribution in [3.05, 3.63) is 94.5 Å². The van der Waals surface area contributed by atoms with Crippen LogP contribution in [0.4, 0.5) is 5.69 Å². The lowest BCUT2D eigenvalue weighted by Crippen LogP contribution is -2.54. The van der Waals surface area contributed by atoms with Crippen molar-refractivity contribution >= 4 is 39.1 Å². The molecule has 0 fully saturated rings. The lowest BCUT2D eigenvalue weighted by atomic mass is 10.1. The molecule has 0 radical (unpaired) electrons. The molecule has 7 nitrogen and oxygen atoms in total. The fourth-order valence-electron chi connectivity index (χ4n) is 3.94. The van der Waals surface area contributed by atoms with Crippen molar-refractivity contribution in [2.24, 2.45) is 0 Å². The zero-order valence-electron chi connectivity index (χ0n) is 23.2. The third kappa shape index (κ3) is 8.07. The number of nitrogens with zero attached hydrogens (tertiary/aromatic N) is 2. The fraction of sp³-hybridized carbons (Fsp3) is 0.333. The molecule has 3 rings (SSSR count). The Balaban J connectivity index is 2.03. The molecule has 0 aromatic heterocycles. The minimum Gasteiger partial charge on any atom is -0.350 e. The largest absolute Gasteiger partial charge is 0.350 e. The van der Waals surface area contributed by atoms with Crippen LogP contribution >= 0.6 is 11.6 Å². The Hall–Kier alpha value is -3.36. The molecule has 1 atom stereocenters. The standard InChI is InChI=1S/C30H36ClN3O4S/c1-21-10-14-24(15-11-21)19-33(23(3)29(36)32-30(4,5)6)28(35)20-34(26-9-7-8-25(31)18-26)39(37,38)27-16-12-22(2)13-17-27/h7-18,23H,19-20H2,1-6H3,(H,32,36). The Kier molecular flexibility index (Phi) is 9.46. The normalized spacial score (nSPS) is 12.5. The maximum Gasteiger partial charge on any atom is 0.264 e. The van der Waals surface area contributed by atoms with Gasteiger partial charge >= 0.3 is 0 Å². The number of carbonyl (C=O) groups excluding carboxylic acids is 2. The number of hydrogen-bond donors (Lipinski definition) is 1. The SMILES string of the molecule is Cc1ccc(CN(C(=O)CN(c2cccc(Cl)c2)S(=O)(=O)c2ccc(C)cc2)C(C)C(=O)NC(C)(C)C)cc1. The second-order valence-corrected chi connectivity index (χ2v) is 13.0. The number of benzene rings is 3. The second kappa shape index (κ2) is 12.2. The second-order valence-electron chi connectivity index (χ2n) is 10.7. The summed E-state index contributed by atoms with van der Waals surface area (Å²) in [6.07, 6.45) is 0. The summed E-state index contributed by atoms with van der Waals surface area (Å²) in [7, 11) is -4.14. The summed E-state index contributed by atoms with van der Waals surface area (Å²) in [4.78, 5) is 28.5. The van der Waals surface area contributed by atoms with Crippen molar-refractivity contribution < 1.29 is 18.0 Å². The molecule has 0 aliphatic rings. The van der Waals surface area contributed by atoms with Crippen LogP contribution < -0.4 is 9.62 Å². The lowest BCUT2D eigenvalue weighted by Gasteiger charge is -2.33. The number of aryl methyl sites for hydroxylation is 2. The number of nitrogens with one attached hydrogen (secondary N) is 1. The molecular weight excluding hydrogens is 534 g/mol. The van der Waals surface area contributed by atoms with Crippen molar-refractivity contribution in [2.45, 2.75) is 64.6 Å². The van der Waals surface area contributed by atoms with Gasteiger partial charge in [0.25, 0.3) is 10.0 Å². The van der Waals surface area contributed by atoms with Crippen LogP contribution in [0.15, 0.2) is 77.7 Å². The summed E-state index contributed by atoms with van der Waals surface area (Å²) in [5.41, 5.74) is 2.53. The molecule has 1 N–H and O–H groups in total. The van der Waals surface area contributed by atoms with Gasteiger partial charge < -0.3 is 10.2 Å². The quantitative estimate of drug-likeness (QED) is 0.369. The average molecular weight is 570 g/mol. The van der Waals surface area contributed by atoms with Crippen molar-refractivity contribution in [1.82, 2.24) is 10.2 Å². The van der Waals surface area contributed by atoms with Crippen molar-refractivity contribution in [1.29, 1.82) is 0 Å². The van der Waals surface area contributed by atoms with Gasteiger partial charge in [0, 0.05) is 17.1 Å². The van der Waals surface area contributed by atoms with Crippen LogP contribution in [0.3, 0.4) is 0 Å². The number of rotatable bonds is 9. The zero-order chi connectivity index (χ0) is 29.0. The minimum atomic E-state index is -4.14. The van der Waals surface area contributed by atoms with Crippen molar-refractivity contribution in [2.75, 3.05) is 10.8 Å². The number of amides is 2. The Morgan fingerprint density at radius 3 is 2.03 bits per heavy atom. The molecule has 0 spiro atoms. The summed E-state index contributed by atoms with van der Waals surface area (Å²) in [5, 5.41) is 3.25. The van der Waals surface area contributed by atoms with E-state index >= 15 is 0 Å². The fourth-order valence-corrected chi connectivity index (χ4v) is 5.53. The van der Waals surface area contributed by atoms with Gasteiger partial charge in [-0.1, -0.05) is 65.2 Å². The molecule has 2 amide bonds. The van der Waals surface area contributed by atoms with E-state index in [1.165, 1.54) is 23.1 Å². The summed E-state index contributed by atoms with van der Waals surface area (Å²) >= 11 is 6.21. The van der Waals surface area contributed by atoms with Crippen molar-refractivity contribution in [3.63, 3.8) is 0 Å². The van der Waals surface area contributed by atoms with Crippen molar-refractivity contribution in [3.8, 4) is 0 Å². The first-order valence-electron chi connectivity index (χ1n) is 12.7. The monoisotopic (exact) mass is 569 g/mol. The Morgan fingerprint density at radius 2 is 1.49 bits per heavy atom. The molecule has 0 saturated carbocycles. The average Bonchev–Trinajstić information content (AvgIpc) is 2.85. The van der Waals surface area contributed by atoms with E-state index in [0.29, 0.717) is 5.02 Å². The van der Waals surface area contributed by atoms with E-state index in [1.807, 2.05) is 58.9 Å². The molecule has 1 unspecified atom stereocenters. The highest BCUT2D eigenvalue weighted by molar-refractivity contribution is 7.92. The van der Waals surface area contributed by atoms with E-state index < -0.39 is 34.1 Å². The van der Waals surface area contributed by atoms with Gasteiger partial charge in [0.2, 0.25) is 11.8 Å². The molecule has 0 saturated heterocycles. The highest BCUT2D eigenvalue weighted by Crippen LogP contribution is 2.27. The third-order valence-corrected chi connectivity index (χ3v) is 8.15. The smallest absolute Gasteiger partial charge is 0.264 e. The predicted octanol–water partition coefficient (Wildman–Crippen LogP) is 5.48. The van der Waals surface area contributed by atoms with E-state index in [1.54, 1.807) is 37.3 Å². The molecule has 0 bridgehead atoms. The molecule has 0 aliphatic heterocycles. The van der Waals surface area contributed by atoms with E-state index in [4.69, 9.17) is 11.6 Å². The first kappa shape index (κ1) is 30.2. The molecule has 9 heteroatoms. The number of hydrogen-bond acceptors (Lipinski definition) is 4. The highest BCUT2D eigenvalue weighted by atomic mass is 35.5. The highest BCUT2D eigenvalue weighted by Gasteiger charge is 2.33. The van der Waals surface area contributed by atoms with Crippen LogP contribution in [0.2, 0.25) is 5.02 Å². The van der Waals surface area contributed by atoms with Gasteiger partial charge in [0.05, 0.1) is 10.6 Å². The molecule has 3 aromatic rings. The van der Waals surface area contributed by atoms with Crippen LogP contribution in [0, 0.1) is 13.8 Å². The minimum absolute atomic E-state index is 0.0458. The molecular formula is C30H36ClN3O4S. The van der Waals surface area contributed by atoms with Gasteiger partial charge in [-0.2, -0.15) is 0 Å². The van der Waals surface area contributed by atoms with E-state index in [-0.39, 0.29) is 23.0 Å². The van der Waals surface area contributed by atoms with Crippen LogP contribution in [0.1, 0.15) is 44.4 Å². The Morgan fingerprint density at radius 1 is 0.923 bits per heavy atom. The molecule has 0 heterocycles. The maximum absolute atomic E-state index is 13.9. The van der Waals surface area contributed by atoms with E-state index in [2.05, 4.69) is 5.32 Å². The molecule has 208 valence electrons. The van der Waals surface area contributed by atoms with Gasteiger partial charge in [0.15, 0.2) is 0 Å². The number of sulfonamides is 1. The van der Waals surface area contributed by atoms with Gasteiger partial charge in [-0.3, -0.25) is 13.9 Å². The van der Waals surface area contributed by atoms with Gasteiger partial charge in [0.1, 0.15) is 12.6 Å². The maximum atomic E-state index is 13.9. The van der Waals surface area contributed by atoms with Gasteiger partial charge in [-0.15, -0.1) is 0 Å². The number of carbonyl (C=O) groups is 2. The zero-order valence-corrected chi connectivity index (χ0v) is 24.8. The van der Waals surface area contributed by atoms with E-state index in [9.17, 15) is 18.0 Å². The summed E-state index contributed by atoms with van der Waals surface area (Å²) < 4.78 is 28.7. The van der Waals surface area contributed by atoms with Crippen LogP contribution in [0.5, 0.6) is 0 Å².